The monoisotopic (exact) mass is 294 g/mol. The van der Waals surface area contributed by atoms with Crippen molar-refractivity contribution in [2.45, 2.75) is 30.7 Å². The first kappa shape index (κ1) is 14.7. The molecular weight excluding hydrogens is 276 g/mol. The smallest absolute Gasteiger partial charge is 0.306 e. The first-order chi connectivity index (χ1) is 9.62. The molecular formula is C14H18N2O3S. The van der Waals surface area contributed by atoms with Crippen molar-refractivity contribution in [3.8, 4) is 5.75 Å². The third-order valence-corrected chi connectivity index (χ3v) is 3.72. The number of imidazole rings is 1. The number of nitrogens with zero attached hydrogens (tertiary/aromatic N) is 1. The quantitative estimate of drug-likeness (QED) is 0.655. The summed E-state index contributed by atoms with van der Waals surface area (Å²) in [6.07, 6.45) is 0.363. The van der Waals surface area contributed by atoms with Gasteiger partial charge in [0.25, 0.3) is 0 Å². The lowest BCUT2D eigenvalue weighted by Crippen LogP contribution is -2.08. The summed E-state index contributed by atoms with van der Waals surface area (Å²) >= 11 is 1.52. The lowest BCUT2D eigenvalue weighted by molar-refractivity contribution is -0.140. The molecule has 0 spiro atoms. The number of aromatic nitrogens is 2. The molecule has 0 saturated carbocycles. The molecule has 1 heterocycles. The number of thioether (sulfide) groups is 1. The molecule has 0 aliphatic rings. The van der Waals surface area contributed by atoms with Crippen molar-refractivity contribution in [2.24, 2.45) is 0 Å². The Kier molecular flexibility index (Phi) is 4.89. The number of methoxy groups -OCH3 is 1. The maximum atomic E-state index is 11.2. The number of aromatic amines is 1. The maximum Gasteiger partial charge on any atom is 0.306 e. The first-order valence-corrected chi connectivity index (χ1v) is 7.36. The summed E-state index contributed by atoms with van der Waals surface area (Å²) in [4.78, 5) is 18.9. The molecule has 1 N–H and O–H groups in total. The van der Waals surface area contributed by atoms with Crippen molar-refractivity contribution < 1.29 is 14.3 Å². The summed E-state index contributed by atoms with van der Waals surface area (Å²) in [7, 11) is 1.40. The van der Waals surface area contributed by atoms with Crippen molar-refractivity contribution in [2.75, 3.05) is 13.7 Å². The van der Waals surface area contributed by atoms with E-state index in [1.807, 2.05) is 32.0 Å². The van der Waals surface area contributed by atoms with Crippen LogP contribution in [0.15, 0.2) is 23.4 Å². The molecule has 0 radical (unpaired) electrons. The van der Waals surface area contributed by atoms with Gasteiger partial charge in [0.05, 0.1) is 31.2 Å². The summed E-state index contributed by atoms with van der Waals surface area (Å²) in [5.41, 5.74) is 1.82. The van der Waals surface area contributed by atoms with Crippen LogP contribution in [0.3, 0.4) is 0 Å². The lowest BCUT2D eigenvalue weighted by atomic mass is 10.3. The second kappa shape index (κ2) is 6.65. The highest BCUT2D eigenvalue weighted by Gasteiger charge is 2.13. The normalized spacial score (nSPS) is 12.3. The number of fused-ring (bicyclic) bond motifs is 1. The molecule has 6 heteroatoms. The molecule has 0 aliphatic carbocycles. The zero-order valence-electron chi connectivity index (χ0n) is 11.8. The topological polar surface area (TPSA) is 64.2 Å². The fourth-order valence-electron chi connectivity index (χ4n) is 1.83. The Morgan fingerprint density at radius 1 is 1.50 bits per heavy atom. The highest BCUT2D eigenvalue weighted by Crippen LogP contribution is 2.27. The van der Waals surface area contributed by atoms with Crippen LogP contribution in [0.25, 0.3) is 11.0 Å². The number of H-pyrrole nitrogens is 1. The molecule has 1 atom stereocenters. The van der Waals surface area contributed by atoms with Gasteiger partial charge in [-0.05, 0) is 19.1 Å². The van der Waals surface area contributed by atoms with E-state index in [0.29, 0.717) is 13.0 Å². The molecule has 2 rings (SSSR count). The number of hydrogen-bond acceptors (Lipinski definition) is 5. The summed E-state index contributed by atoms with van der Waals surface area (Å²) in [5, 5.41) is 0.902. The lowest BCUT2D eigenvalue weighted by Gasteiger charge is -2.06. The Morgan fingerprint density at radius 2 is 2.30 bits per heavy atom. The van der Waals surface area contributed by atoms with Crippen molar-refractivity contribution in [1.82, 2.24) is 9.97 Å². The SMILES string of the molecule is CCOc1ccc2nc(SC(C)CC(=O)OC)[nH]c2c1. The van der Waals surface area contributed by atoms with E-state index in [9.17, 15) is 4.79 Å². The van der Waals surface area contributed by atoms with Gasteiger partial charge in [-0.1, -0.05) is 18.7 Å². The Labute approximate surface area is 122 Å². The van der Waals surface area contributed by atoms with E-state index in [-0.39, 0.29) is 11.2 Å². The predicted octanol–water partition coefficient (Wildman–Crippen LogP) is 3.01. The Hall–Kier alpha value is -1.69. The van der Waals surface area contributed by atoms with Gasteiger partial charge in [0.15, 0.2) is 5.16 Å². The van der Waals surface area contributed by atoms with Crippen molar-refractivity contribution >= 4 is 28.8 Å². The molecule has 20 heavy (non-hydrogen) atoms. The maximum absolute atomic E-state index is 11.2. The second-order valence-electron chi connectivity index (χ2n) is 4.36. The minimum atomic E-state index is -0.209. The number of benzene rings is 1. The highest BCUT2D eigenvalue weighted by molar-refractivity contribution is 7.99. The van der Waals surface area contributed by atoms with Gasteiger partial charge in [0.1, 0.15) is 5.75 Å². The number of carbonyl (C=O) groups is 1. The van der Waals surface area contributed by atoms with Gasteiger partial charge in [-0.3, -0.25) is 4.79 Å². The average molecular weight is 294 g/mol. The van der Waals surface area contributed by atoms with Crippen LogP contribution in [0.4, 0.5) is 0 Å². The zero-order valence-corrected chi connectivity index (χ0v) is 12.6. The van der Waals surface area contributed by atoms with Gasteiger partial charge < -0.3 is 14.5 Å². The highest BCUT2D eigenvalue weighted by atomic mass is 32.2. The molecule has 0 saturated heterocycles. The van der Waals surface area contributed by atoms with Crippen molar-refractivity contribution in [3.63, 3.8) is 0 Å². The largest absolute Gasteiger partial charge is 0.494 e. The van der Waals surface area contributed by atoms with Crippen LogP contribution >= 0.6 is 11.8 Å². The zero-order chi connectivity index (χ0) is 14.5. The van der Waals surface area contributed by atoms with E-state index < -0.39 is 0 Å². The second-order valence-corrected chi connectivity index (χ2v) is 5.79. The molecule has 1 aromatic heterocycles. The predicted molar refractivity (Wildman–Crippen MR) is 79.2 cm³/mol. The molecule has 0 amide bonds. The van der Waals surface area contributed by atoms with Gasteiger partial charge in [-0.15, -0.1) is 0 Å². The molecule has 0 bridgehead atoms. The molecule has 0 aliphatic heterocycles. The Bertz CT molecular complexity index is 597. The third kappa shape index (κ3) is 3.66. The van der Waals surface area contributed by atoms with Gasteiger partial charge in [0.2, 0.25) is 0 Å². The van der Waals surface area contributed by atoms with Crippen LogP contribution in [0.2, 0.25) is 0 Å². The fraction of sp³-hybridized carbons (Fsp3) is 0.429. The summed E-state index contributed by atoms with van der Waals surface area (Å²) in [5.74, 6) is 0.613. The van der Waals surface area contributed by atoms with E-state index in [0.717, 1.165) is 21.9 Å². The number of esters is 1. The van der Waals surface area contributed by atoms with Gasteiger partial charge in [-0.2, -0.15) is 0 Å². The fourth-order valence-corrected chi connectivity index (χ4v) is 2.75. The summed E-state index contributed by atoms with van der Waals surface area (Å²) < 4.78 is 10.1. The van der Waals surface area contributed by atoms with Crippen molar-refractivity contribution in [1.29, 1.82) is 0 Å². The minimum Gasteiger partial charge on any atom is -0.494 e. The number of hydrogen-bond donors (Lipinski definition) is 1. The number of nitrogens with one attached hydrogen (secondary N) is 1. The van der Waals surface area contributed by atoms with E-state index in [4.69, 9.17) is 4.74 Å². The minimum absolute atomic E-state index is 0.106. The van der Waals surface area contributed by atoms with Crippen LogP contribution < -0.4 is 4.74 Å². The van der Waals surface area contributed by atoms with Crippen LogP contribution in [0.5, 0.6) is 5.75 Å². The molecule has 2 aromatic rings. The van der Waals surface area contributed by atoms with E-state index in [1.54, 1.807) is 0 Å². The van der Waals surface area contributed by atoms with Crippen LogP contribution in [-0.4, -0.2) is 34.9 Å². The molecule has 1 unspecified atom stereocenters. The van der Waals surface area contributed by atoms with Gasteiger partial charge >= 0.3 is 5.97 Å². The molecule has 108 valence electrons. The van der Waals surface area contributed by atoms with E-state index in [2.05, 4.69) is 14.7 Å². The molecule has 5 nitrogen and oxygen atoms in total. The Balaban J connectivity index is 2.09. The van der Waals surface area contributed by atoms with Crippen LogP contribution in [-0.2, 0) is 9.53 Å². The standard InChI is InChI=1S/C14H18N2O3S/c1-4-19-10-5-6-11-12(8-10)16-14(15-11)20-9(2)7-13(17)18-3/h5-6,8-9H,4,7H2,1-3H3,(H,15,16). The first-order valence-electron chi connectivity index (χ1n) is 6.48. The third-order valence-electron chi connectivity index (χ3n) is 2.74. The number of rotatable bonds is 6. The number of ether oxygens (including phenoxy) is 2. The average Bonchev–Trinajstić information content (AvgIpc) is 2.80. The molecule has 1 aromatic carbocycles. The van der Waals surface area contributed by atoms with Crippen molar-refractivity contribution in [3.05, 3.63) is 18.2 Å². The molecule has 0 fully saturated rings. The number of carbonyl (C=O) groups excluding carboxylic acids is 1. The van der Waals surface area contributed by atoms with E-state index >= 15 is 0 Å². The van der Waals surface area contributed by atoms with Gasteiger partial charge in [-0.25, -0.2) is 4.98 Å². The Morgan fingerprint density at radius 3 is 3.00 bits per heavy atom. The van der Waals surface area contributed by atoms with Crippen LogP contribution in [0, 0.1) is 0 Å². The van der Waals surface area contributed by atoms with Gasteiger partial charge in [0, 0.05) is 11.3 Å². The summed E-state index contributed by atoms with van der Waals surface area (Å²) in [6.45, 7) is 4.56. The van der Waals surface area contributed by atoms with Crippen LogP contribution in [0.1, 0.15) is 20.3 Å². The summed E-state index contributed by atoms with van der Waals surface area (Å²) in [6, 6.07) is 5.76. The van der Waals surface area contributed by atoms with E-state index in [1.165, 1.54) is 18.9 Å².